The molecule has 60 heavy (non-hydrogen) atoms. The van der Waals surface area contributed by atoms with Crippen LogP contribution in [0.25, 0.3) is 110 Å². The molecular weight excluding hydrogens is 725 g/mol. The number of nitrogens with one attached hydrogen (secondary N) is 2. The summed E-state index contributed by atoms with van der Waals surface area (Å²) in [6, 6.07) is 63.5. The molecule has 2 N–H and O–H groups in total. The maximum Gasteiger partial charge on any atom is 0.0472 e. The molecule has 0 spiro atoms. The van der Waals surface area contributed by atoms with Gasteiger partial charge in [-0.1, -0.05) is 163 Å². The summed E-state index contributed by atoms with van der Waals surface area (Å²) in [5.41, 5.74) is 17.4. The van der Waals surface area contributed by atoms with Gasteiger partial charge in [-0.3, -0.25) is 0 Å². The molecule has 2 aromatic heterocycles. The Morgan fingerprint density at radius 1 is 0.283 bits per heavy atom. The first-order valence-corrected chi connectivity index (χ1v) is 21.2. The van der Waals surface area contributed by atoms with Crippen LogP contribution in [0.2, 0.25) is 0 Å². The third-order valence-corrected chi connectivity index (χ3v) is 12.8. The lowest BCUT2D eigenvalue weighted by Gasteiger charge is -2.22. The van der Waals surface area contributed by atoms with E-state index in [9.17, 15) is 0 Å². The van der Waals surface area contributed by atoms with Crippen molar-refractivity contribution in [2.75, 3.05) is 0 Å². The molecule has 0 unspecified atom stereocenters. The molecule has 0 aliphatic carbocycles. The molecule has 0 amide bonds. The first-order valence-electron chi connectivity index (χ1n) is 21.2. The van der Waals surface area contributed by atoms with Crippen molar-refractivity contribution < 1.29 is 0 Å². The zero-order chi connectivity index (χ0) is 40.9. The van der Waals surface area contributed by atoms with Gasteiger partial charge in [-0.25, -0.2) is 0 Å². The smallest absolute Gasteiger partial charge is 0.0472 e. The topological polar surface area (TPSA) is 31.6 Å². The maximum atomic E-state index is 3.82. The molecule has 0 fully saturated rings. The van der Waals surface area contributed by atoms with Gasteiger partial charge in [0, 0.05) is 43.6 Å². The van der Waals surface area contributed by atoms with E-state index in [1.165, 1.54) is 98.7 Å². The van der Waals surface area contributed by atoms with Crippen molar-refractivity contribution in [2.45, 2.75) is 52.4 Å². The van der Waals surface area contributed by atoms with E-state index >= 15 is 0 Å². The van der Waals surface area contributed by atoms with Gasteiger partial charge in [-0.2, -0.15) is 0 Å². The third-order valence-electron chi connectivity index (χ3n) is 12.8. The van der Waals surface area contributed by atoms with E-state index in [0.29, 0.717) is 0 Å². The van der Waals surface area contributed by atoms with E-state index in [-0.39, 0.29) is 10.8 Å². The van der Waals surface area contributed by atoms with Crippen molar-refractivity contribution in [1.29, 1.82) is 0 Å². The number of hydrogen-bond acceptors (Lipinski definition) is 0. The standard InChI is InChI=1S/C58H48N2/c1-57(2,3)43-21-23-45(47(31-43)35-13-9-7-10-14-35)39-19-17-37-27-49-51-33-56-52(34-55(51)59-53(49)29-41(37)25-39)50-28-38-18-20-40(26-42(38)30-54(50)60-56)46-24-22-44(58(4,5)6)32-48(46)36-15-11-8-12-16-36/h7-34,59-60H,1-6H3. The summed E-state index contributed by atoms with van der Waals surface area (Å²) >= 11 is 0. The number of H-pyrrole nitrogens is 2. The van der Waals surface area contributed by atoms with E-state index < -0.39 is 0 Å². The summed E-state index contributed by atoms with van der Waals surface area (Å²) in [4.78, 5) is 7.64. The van der Waals surface area contributed by atoms with Crippen LogP contribution in [0.4, 0.5) is 0 Å². The predicted octanol–water partition coefficient (Wildman–Crippen LogP) is 16.5. The van der Waals surface area contributed by atoms with Crippen molar-refractivity contribution in [1.82, 2.24) is 9.97 Å². The predicted molar refractivity (Wildman–Crippen MR) is 259 cm³/mol. The first-order chi connectivity index (χ1) is 28.9. The lowest BCUT2D eigenvalue weighted by molar-refractivity contribution is 0.590. The van der Waals surface area contributed by atoms with Crippen molar-refractivity contribution >= 4 is 65.2 Å². The second kappa shape index (κ2) is 13.3. The van der Waals surface area contributed by atoms with Crippen LogP contribution >= 0.6 is 0 Å². The summed E-state index contributed by atoms with van der Waals surface area (Å²) in [5.74, 6) is 0. The van der Waals surface area contributed by atoms with Crippen LogP contribution in [0.15, 0.2) is 170 Å². The number of aromatic amines is 2. The molecule has 290 valence electrons. The van der Waals surface area contributed by atoms with E-state index in [0.717, 1.165) is 22.1 Å². The van der Waals surface area contributed by atoms with Crippen LogP contribution in [0.1, 0.15) is 52.7 Å². The second-order valence-electron chi connectivity index (χ2n) is 18.9. The summed E-state index contributed by atoms with van der Waals surface area (Å²) in [6.45, 7) is 13.7. The fourth-order valence-corrected chi connectivity index (χ4v) is 9.36. The van der Waals surface area contributed by atoms with Gasteiger partial charge in [0.1, 0.15) is 0 Å². The SMILES string of the molecule is CC(C)(C)c1ccc(-c2ccc3cc4c(cc3c2)[nH]c2cc3c(cc24)[nH]c2cc4cc(-c5ccc(C(C)(C)C)cc5-c5ccccc5)ccc4cc23)c(-c2ccccc2)c1. The van der Waals surface area contributed by atoms with E-state index in [4.69, 9.17) is 0 Å². The average molecular weight is 773 g/mol. The summed E-state index contributed by atoms with van der Waals surface area (Å²) < 4.78 is 0. The largest absolute Gasteiger partial charge is 0.354 e. The number of aromatic nitrogens is 2. The molecule has 0 bridgehead atoms. The van der Waals surface area contributed by atoms with Crippen molar-refractivity contribution in [3.63, 3.8) is 0 Å². The molecule has 2 heteroatoms. The molecule has 2 heterocycles. The van der Waals surface area contributed by atoms with Crippen LogP contribution in [0, 0.1) is 0 Å². The monoisotopic (exact) mass is 772 g/mol. The Balaban J connectivity index is 0.994. The minimum absolute atomic E-state index is 0.0653. The highest BCUT2D eigenvalue weighted by atomic mass is 14.7. The van der Waals surface area contributed by atoms with E-state index in [1.54, 1.807) is 0 Å². The van der Waals surface area contributed by atoms with Crippen molar-refractivity contribution in [3.8, 4) is 44.5 Å². The van der Waals surface area contributed by atoms with Gasteiger partial charge in [-0.15, -0.1) is 0 Å². The minimum atomic E-state index is 0.0653. The van der Waals surface area contributed by atoms with Crippen LogP contribution in [-0.4, -0.2) is 9.97 Å². The van der Waals surface area contributed by atoms with Crippen LogP contribution < -0.4 is 0 Å². The molecule has 0 radical (unpaired) electrons. The van der Waals surface area contributed by atoms with Crippen LogP contribution in [-0.2, 0) is 10.8 Å². The Hall–Kier alpha value is -6.90. The Morgan fingerprint density at radius 3 is 1.07 bits per heavy atom. The number of hydrogen-bond donors (Lipinski definition) is 2. The highest BCUT2D eigenvalue weighted by Crippen LogP contribution is 2.41. The molecule has 11 aromatic rings. The van der Waals surface area contributed by atoms with Crippen molar-refractivity contribution in [2.24, 2.45) is 0 Å². The molecule has 0 aliphatic heterocycles. The summed E-state index contributed by atoms with van der Waals surface area (Å²) in [5, 5.41) is 9.89. The fourth-order valence-electron chi connectivity index (χ4n) is 9.36. The second-order valence-corrected chi connectivity index (χ2v) is 18.9. The molecule has 0 saturated carbocycles. The van der Waals surface area contributed by atoms with Gasteiger partial charge in [0.05, 0.1) is 0 Å². The molecule has 2 nitrogen and oxygen atoms in total. The van der Waals surface area contributed by atoms with Crippen molar-refractivity contribution in [3.05, 3.63) is 181 Å². The zero-order valence-electron chi connectivity index (χ0n) is 35.2. The quantitative estimate of drug-likeness (QED) is 0.179. The zero-order valence-corrected chi connectivity index (χ0v) is 35.2. The highest BCUT2D eigenvalue weighted by Gasteiger charge is 2.20. The Morgan fingerprint density at radius 2 is 0.667 bits per heavy atom. The Kier molecular flexibility index (Phi) is 8.03. The lowest BCUT2D eigenvalue weighted by atomic mass is 9.83. The van der Waals surface area contributed by atoms with E-state index in [2.05, 4.69) is 221 Å². The highest BCUT2D eigenvalue weighted by molar-refractivity contribution is 6.20. The van der Waals surface area contributed by atoms with Gasteiger partial charge in [0.15, 0.2) is 0 Å². The molecular formula is C58H48N2. The van der Waals surface area contributed by atoms with Crippen LogP contribution in [0.3, 0.4) is 0 Å². The molecule has 11 rings (SSSR count). The minimum Gasteiger partial charge on any atom is -0.354 e. The van der Waals surface area contributed by atoms with Gasteiger partial charge in [-0.05, 0) is 137 Å². The molecule has 0 aliphatic rings. The Labute approximate surface area is 351 Å². The normalized spacial score (nSPS) is 12.5. The van der Waals surface area contributed by atoms with E-state index in [1.807, 2.05) is 0 Å². The third kappa shape index (κ3) is 6.09. The van der Waals surface area contributed by atoms with Gasteiger partial charge in [0.2, 0.25) is 0 Å². The Bertz CT molecular complexity index is 3240. The van der Waals surface area contributed by atoms with Gasteiger partial charge >= 0.3 is 0 Å². The number of benzene rings is 9. The fraction of sp³-hybridized carbons (Fsp3) is 0.138. The van der Waals surface area contributed by atoms with Crippen LogP contribution in [0.5, 0.6) is 0 Å². The number of fused-ring (bicyclic) bond motifs is 8. The molecule has 9 aromatic carbocycles. The van der Waals surface area contributed by atoms with Gasteiger partial charge < -0.3 is 9.97 Å². The summed E-state index contributed by atoms with van der Waals surface area (Å²) in [7, 11) is 0. The number of rotatable bonds is 4. The molecule has 0 saturated heterocycles. The summed E-state index contributed by atoms with van der Waals surface area (Å²) in [6.07, 6.45) is 0. The first kappa shape index (κ1) is 36.2. The molecule has 0 atom stereocenters. The average Bonchev–Trinajstić information content (AvgIpc) is 3.78. The maximum absolute atomic E-state index is 3.82. The van der Waals surface area contributed by atoms with Gasteiger partial charge in [0.25, 0.3) is 0 Å². The lowest BCUT2D eigenvalue weighted by Crippen LogP contribution is -2.11.